The molecule has 0 saturated carbocycles. The third kappa shape index (κ3) is 4.55. The number of hydrogen-bond acceptors (Lipinski definition) is 6. The Balaban J connectivity index is 1.84. The van der Waals surface area contributed by atoms with Gasteiger partial charge >= 0.3 is 11.3 Å². The number of hydrogen-bond donors (Lipinski definition) is 2. The molecule has 0 saturated heterocycles. The lowest BCUT2D eigenvalue weighted by molar-refractivity contribution is 0.209. The van der Waals surface area contributed by atoms with Crippen molar-refractivity contribution in [3.63, 3.8) is 0 Å². The van der Waals surface area contributed by atoms with E-state index in [2.05, 4.69) is 10.4 Å². The van der Waals surface area contributed by atoms with Gasteiger partial charge in [-0.25, -0.2) is 9.80 Å². The Morgan fingerprint density at radius 1 is 1.21 bits per heavy atom. The highest BCUT2D eigenvalue weighted by Gasteiger charge is 2.23. The van der Waals surface area contributed by atoms with Crippen LogP contribution in [-0.2, 0) is 6.54 Å². The molecule has 1 aliphatic rings. The van der Waals surface area contributed by atoms with Crippen molar-refractivity contribution >= 4 is 34.5 Å². The molecule has 9 heteroatoms. The van der Waals surface area contributed by atoms with Gasteiger partial charge in [0.1, 0.15) is 0 Å². The van der Waals surface area contributed by atoms with E-state index in [9.17, 15) is 9.59 Å². The number of carbonyl (C=O) groups is 2. The van der Waals surface area contributed by atoms with Crippen molar-refractivity contribution < 1.29 is 24.2 Å². The molecule has 2 aromatic carbocycles. The third-order valence-electron chi connectivity index (χ3n) is 4.01. The highest BCUT2D eigenvalue weighted by Crippen LogP contribution is 2.30. The minimum atomic E-state index is -1.14. The van der Waals surface area contributed by atoms with E-state index in [4.69, 9.17) is 14.6 Å². The smallest absolute Gasteiger partial charge is 0.409 e. The van der Waals surface area contributed by atoms with Gasteiger partial charge in [-0.2, -0.15) is 5.10 Å². The second-order valence-corrected chi connectivity index (χ2v) is 6.79. The predicted molar refractivity (Wildman–Crippen MR) is 108 cm³/mol. The van der Waals surface area contributed by atoms with Crippen molar-refractivity contribution in [1.29, 1.82) is 0 Å². The van der Waals surface area contributed by atoms with E-state index < -0.39 is 6.09 Å². The molecule has 146 valence electrons. The van der Waals surface area contributed by atoms with E-state index in [1.165, 1.54) is 5.01 Å². The van der Waals surface area contributed by atoms with Crippen LogP contribution in [0.4, 0.5) is 15.3 Å². The van der Waals surface area contributed by atoms with Crippen LogP contribution < -0.4 is 14.8 Å². The number of ether oxygens (including phenoxy) is 2. The molecule has 0 aromatic heterocycles. The first-order chi connectivity index (χ1) is 13.5. The summed E-state index contributed by atoms with van der Waals surface area (Å²) in [6.45, 7) is 0.234. The van der Waals surface area contributed by atoms with Crippen molar-refractivity contribution in [2.24, 2.45) is 5.10 Å². The summed E-state index contributed by atoms with van der Waals surface area (Å²) in [5.74, 6) is 1.65. The van der Waals surface area contributed by atoms with Gasteiger partial charge in [0.05, 0.1) is 26.5 Å². The molecule has 2 aromatic rings. The molecule has 8 nitrogen and oxygen atoms in total. The molecule has 0 atom stereocenters. The van der Waals surface area contributed by atoms with E-state index in [1.807, 2.05) is 18.2 Å². The van der Waals surface area contributed by atoms with Crippen LogP contribution in [0.15, 0.2) is 47.6 Å². The molecule has 1 aliphatic heterocycles. The minimum Gasteiger partial charge on any atom is -0.493 e. The summed E-state index contributed by atoms with van der Waals surface area (Å²) in [5, 5.41) is 16.8. The number of rotatable bonds is 6. The quantitative estimate of drug-likeness (QED) is 0.762. The zero-order valence-corrected chi connectivity index (χ0v) is 16.2. The number of anilines is 1. The Morgan fingerprint density at radius 3 is 2.71 bits per heavy atom. The van der Waals surface area contributed by atoms with Crippen LogP contribution in [-0.4, -0.2) is 47.1 Å². The molecule has 0 spiro atoms. The highest BCUT2D eigenvalue weighted by molar-refractivity contribution is 8.14. The summed E-state index contributed by atoms with van der Waals surface area (Å²) in [5.41, 5.74) is 2.78. The molecule has 28 heavy (non-hydrogen) atoms. The van der Waals surface area contributed by atoms with Crippen molar-refractivity contribution in [2.45, 2.75) is 6.54 Å². The lowest BCUT2D eigenvalue weighted by atomic mass is 10.1. The maximum absolute atomic E-state index is 12.3. The van der Waals surface area contributed by atoms with Crippen LogP contribution in [0.5, 0.6) is 11.5 Å². The summed E-state index contributed by atoms with van der Waals surface area (Å²) in [6, 6.07) is 12.3. The molecular formula is C19H19N3O5S. The lowest BCUT2D eigenvalue weighted by Gasteiger charge is -2.23. The van der Waals surface area contributed by atoms with Gasteiger partial charge in [0, 0.05) is 17.0 Å². The summed E-state index contributed by atoms with van der Waals surface area (Å²) < 4.78 is 10.6. The van der Waals surface area contributed by atoms with E-state index >= 15 is 0 Å². The Hall–Kier alpha value is -3.20. The van der Waals surface area contributed by atoms with E-state index in [0.29, 0.717) is 22.9 Å². The minimum absolute atomic E-state index is 0.166. The van der Waals surface area contributed by atoms with Gasteiger partial charge in [-0.05, 0) is 35.9 Å². The number of hydrazone groups is 1. The summed E-state index contributed by atoms with van der Waals surface area (Å²) >= 11 is 1.16. The maximum atomic E-state index is 12.3. The molecule has 0 fully saturated rings. The fourth-order valence-electron chi connectivity index (χ4n) is 2.72. The van der Waals surface area contributed by atoms with E-state index in [-0.39, 0.29) is 11.8 Å². The van der Waals surface area contributed by atoms with E-state index in [0.717, 1.165) is 28.6 Å². The second-order valence-electron chi connectivity index (χ2n) is 5.86. The number of amides is 2. The highest BCUT2D eigenvalue weighted by atomic mass is 32.2. The number of carboxylic acid groups (broad SMARTS) is 1. The number of methoxy groups -OCH3 is 2. The standard InChI is InChI=1S/C19H19N3O5S/c1-26-16-7-6-13(9-17(16)27-2)15-11-28-19(25)22(21-15)10-12-4-3-5-14(8-12)20-18(23)24/h3-9,20H,10-11H2,1-2H3,(H,23,24). The van der Waals surface area contributed by atoms with Crippen molar-refractivity contribution in [3.05, 3.63) is 53.6 Å². The lowest BCUT2D eigenvalue weighted by Crippen LogP contribution is -2.29. The van der Waals surface area contributed by atoms with Crippen LogP contribution >= 0.6 is 11.8 Å². The van der Waals surface area contributed by atoms with Crippen LogP contribution in [0, 0.1) is 0 Å². The first-order valence-electron chi connectivity index (χ1n) is 8.33. The summed E-state index contributed by atoms with van der Waals surface area (Å²) in [4.78, 5) is 23.1. The fourth-order valence-corrected chi connectivity index (χ4v) is 3.46. The Bertz CT molecular complexity index is 932. The molecule has 0 bridgehead atoms. The Kier molecular flexibility index (Phi) is 6.05. The van der Waals surface area contributed by atoms with Crippen LogP contribution in [0.25, 0.3) is 0 Å². The van der Waals surface area contributed by atoms with Crippen molar-refractivity contribution in [1.82, 2.24) is 5.01 Å². The van der Waals surface area contributed by atoms with Gasteiger partial charge in [0.15, 0.2) is 11.5 Å². The predicted octanol–water partition coefficient (Wildman–Crippen LogP) is 3.87. The molecular weight excluding hydrogens is 382 g/mol. The topological polar surface area (TPSA) is 100 Å². The number of carbonyl (C=O) groups excluding carboxylic acids is 1. The van der Waals surface area contributed by atoms with E-state index in [1.54, 1.807) is 38.5 Å². The van der Waals surface area contributed by atoms with Gasteiger partial charge in [-0.1, -0.05) is 23.9 Å². The molecule has 2 amide bonds. The molecule has 2 N–H and O–H groups in total. The van der Waals surface area contributed by atoms with Crippen LogP contribution in [0.2, 0.25) is 0 Å². The fraction of sp³-hybridized carbons (Fsp3) is 0.211. The largest absolute Gasteiger partial charge is 0.493 e. The Morgan fingerprint density at radius 2 is 2.00 bits per heavy atom. The first-order valence-corrected chi connectivity index (χ1v) is 9.31. The molecule has 0 aliphatic carbocycles. The monoisotopic (exact) mass is 401 g/mol. The zero-order valence-electron chi connectivity index (χ0n) is 15.3. The van der Waals surface area contributed by atoms with Crippen LogP contribution in [0.3, 0.4) is 0 Å². The average molecular weight is 401 g/mol. The van der Waals surface area contributed by atoms with Gasteiger partial charge in [0.25, 0.3) is 0 Å². The molecule has 0 unspecified atom stereocenters. The SMILES string of the molecule is COc1ccc(C2=NN(Cc3cccc(NC(=O)O)c3)C(=O)SC2)cc1OC. The average Bonchev–Trinajstić information content (AvgIpc) is 2.69. The van der Waals surface area contributed by atoms with Gasteiger partial charge in [0.2, 0.25) is 0 Å². The second kappa shape index (κ2) is 8.66. The molecule has 1 heterocycles. The zero-order chi connectivity index (χ0) is 20.1. The Labute approximate surface area is 166 Å². The third-order valence-corrected chi connectivity index (χ3v) is 4.89. The molecule has 0 radical (unpaired) electrons. The summed E-state index contributed by atoms with van der Waals surface area (Å²) in [6.07, 6.45) is -1.14. The number of nitrogens with one attached hydrogen (secondary N) is 1. The van der Waals surface area contributed by atoms with Crippen molar-refractivity contribution in [3.8, 4) is 11.5 Å². The van der Waals surface area contributed by atoms with Gasteiger partial charge < -0.3 is 14.6 Å². The van der Waals surface area contributed by atoms with Gasteiger partial charge in [-0.3, -0.25) is 10.1 Å². The number of thioether (sulfide) groups is 1. The van der Waals surface area contributed by atoms with Crippen molar-refractivity contribution in [2.75, 3.05) is 25.3 Å². The first kappa shape index (κ1) is 19.6. The molecule has 3 rings (SSSR count). The van der Waals surface area contributed by atoms with Gasteiger partial charge in [-0.15, -0.1) is 0 Å². The summed E-state index contributed by atoms with van der Waals surface area (Å²) in [7, 11) is 3.13. The number of benzene rings is 2. The number of nitrogens with zero attached hydrogens (tertiary/aromatic N) is 2. The normalized spacial score (nSPS) is 13.7. The maximum Gasteiger partial charge on any atom is 0.409 e. The van der Waals surface area contributed by atoms with Crippen LogP contribution in [0.1, 0.15) is 11.1 Å².